The number of halogens is 2. The molecule has 1 heterocycles. The van der Waals surface area contributed by atoms with Gasteiger partial charge in [0.1, 0.15) is 17.4 Å². The van der Waals surface area contributed by atoms with Crippen LogP contribution in [0.5, 0.6) is 5.75 Å². The van der Waals surface area contributed by atoms with Gasteiger partial charge in [-0.2, -0.15) is 4.98 Å². The van der Waals surface area contributed by atoms with Gasteiger partial charge in [-0.05, 0) is 30.7 Å². The molecule has 3 rings (SSSR count). The van der Waals surface area contributed by atoms with Crippen molar-refractivity contribution < 1.29 is 18.4 Å². The minimum atomic E-state index is -0.774. The molecule has 0 fully saturated rings. The van der Waals surface area contributed by atoms with Crippen LogP contribution in [0.2, 0.25) is 0 Å². The Bertz CT molecular complexity index is 815. The number of hydrogen-bond donors (Lipinski definition) is 1. The normalized spacial score (nSPS) is 10.8. The third-order valence-corrected chi connectivity index (χ3v) is 3.01. The monoisotopic (exact) mass is 288 g/mol. The average Bonchev–Trinajstić information content (AvgIpc) is 2.92. The van der Waals surface area contributed by atoms with Gasteiger partial charge < -0.3 is 9.63 Å². The Morgan fingerprint density at radius 1 is 1.10 bits per heavy atom. The molecule has 0 unspecified atom stereocenters. The first-order valence-corrected chi connectivity index (χ1v) is 6.14. The van der Waals surface area contributed by atoms with E-state index >= 15 is 0 Å². The highest BCUT2D eigenvalue weighted by Crippen LogP contribution is 2.27. The van der Waals surface area contributed by atoms with Gasteiger partial charge in [0.2, 0.25) is 5.82 Å². The summed E-state index contributed by atoms with van der Waals surface area (Å²) in [4.78, 5) is 4.07. The van der Waals surface area contributed by atoms with Gasteiger partial charge in [-0.15, -0.1) is 0 Å². The molecule has 0 aliphatic carbocycles. The van der Waals surface area contributed by atoms with Crippen LogP contribution in [0.3, 0.4) is 0 Å². The quantitative estimate of drug-likeness (QED) is 0.781. The fraction of sp³-hybridized carbons (Fsp3) is 0.0667. The Morgan fingerprint density at radius 2 is 1.90 bits per heavy atom. The molecule has 0 bridgehead atoms. The molecule has 0 aliphatic heterocycles. The summed E-state index contributed by atoms with van der Waals surface area (Å²) < 4.78 is 32.1. The first-order chi connectivity index (χ1) is 10.0. The molecule has 0 saturated carbocycles. The lowest BCUT2D eigenvalue weighted by Gasteiger charge is -2.00. The number of phenolic OH excluding ortho intramolecular Hbond substituents is 1. The van der Waals surface area contributed by atoms with E-state index < -0.39 is 11.6 Å². The van der Waals surface area contributed by atoms with Crippen LogP contribution in [-0.4, -0.2) is 15.2 Å². The van der Waals surface area contributed by atoms with Crippen LogP contribution in [0.4, 0.5) is 8.78 Å². The van der Waals surface area contributed by atoms with Crippen LogP contribution >= 0.6 is 0 Å². The predicted molar refractivity (Wildman–Crippen MR) is 71.5 cm³/mol. The molecule has 3 aromatic rings. The van der Waals surface area contributed by atoms with Crippen molar-refractivity contribution >= 4 is 0 Å². The number of benzene rings is 2. The second kappa shape index (κ2) is 4.97. The smallest absolute Gasteiger partial charge is 0.261 e. The zero-order valence-corrected chi connectivity index (χ0v) is 11.0. The van der Waals surface area contributed by atoms with Gasteiger partial charge in [-0.3, -0.25) is 0 Å². The first-order valence-electron chi connectivity index (χ1n) is 6.14. The Morgan fingerprint density at radius 3 is 2.67 bits per heavy atom. The second-order valence-electron chi connectivity index (χ2n) is 4.55. The molecule has 4 nitrogen and oxygen atoms in total. The third-order valence-electron chi connectivity index (χ3n) is 3.01. The molecule has 0 amide bonds. The number of rotatable bonds is 2. The lowest BCUT2D eigenvalue weighted by Crippen LogP contribution is -1.90. The summed E-state index contributed by atoms with van der Waals surface area (Å²) in [6.45, 7) is 1.52. The van der Waals surface area contributed by atoms with Gasteiger partial charge >= 0.3 is 0 Å². The topological polar surface area (TPSA) is 59.2 Å². The van der Waals surface area contributed by atoms with Gasteiger partial charge in [-0.1, -0.05) is 17.3 Å². The van der Waals surface area contributed by atoms with Crippen molar-refractivity contribution in [2.24, 2.45) is 0 Å². The maximum Gasteiger partial charge on any atom is 0.261 e. The molecular weight excluding hydrogens is 278 g/mol. The van der Waals surface area contributed by atoms with E-state index in [4.69, 9.17) is 4.52 Å². The van der Waals surface area contributed by atoms with E-state index in [-0.39, 0.29) is 28.6 Å². The number of hydrogen-bond acceptors (Lipinski definition) is 4. The maximum atomic E-state index is 13.8. The van der Waals surface area contributed by atoms with Crippen LogP contribution < -0.4 is 0 Å². The second-order valence-corrected chi connectivity index (χ2v) is 4.55. The molecule has 2 aromatic carbocycles. The molecule has 1 N–H and O–H groups in total. The number of phenols is 1. The van der Waals surface area contributed by atoms with Crippen LogP contribution in [0.15, 0.2) is 40.9 Å². The SMILES string of the molecule is Cc1cc(-c2nc(-c3cccc(O)c3)no2)c(F)cc1F. The van der Waals surface area contributed by atoms with Crippen LogP contribution in [0.25, 0.3) is 22.8 Å². The van der Waals surface area contributed by atoms with E-state index in [1.54, 1.807) is 12.1 Å². The maximum absolute atomic E-state index is 13.8. The number of nitrogens with zero attached hydrogens (tertiary/aromatic N) is 2. The van der Waals surface area contributed by atoms with Gasteiger partial charge in [0, 0.05) is 11.6 Å². The summed E-state index contributed by atoms with van der Waals surface area (Å²) in [7, 11) is 0. The summed E-state index contributed by atoms with van der Waals surface area (Å²) >= 11 is 0. The minimum Gasteiger partial charge on any atom is -0.508 e. The number of aryl methyl sites for hydroxylation is 1. The van der Waals surface area contributed by atoms with Crippen molar-refractivity contribution in [3.05, 3.63) is 53.6 Å². The standard InChI is InChI=1S/C15H10F2N2O2/c1-8-5-11(13(17)7-12(8)16)15-18-14(19-21-15)9-3-2-4-10(20)6-9/h2-7,20H,1H3. The van der Waals surface area contributed by atoms with Crippen molar-refractivity contribution in [1.82, 2.24) is 10.1 Å². The minimum absolute atomic E-state index is 0.0350. The van der Waals surface area contributed by atoms with E-state index in [0.29, 0.717) is 5.56 Å². The Kier molecular flexibility index (Phi) is 3.13. The molecule has 0 saturated heterocycles. The molecule has 6 heteroatoms. The molecule has 0 spiro atoms. The fourth-order valence-corrected chi connectivity index (χ4v) is 1.92. The molecule has 106 valence electrons. The lowest BCUT2D eigenvalue weighted by atomic mass is 10.1. The van der Waals surface area contributed by atoms with Crippen molar-refractivity contribution in [3.8, 4) is 28.6 Å². The van der Waals surface area contributed by atoms with Crippen LogP contribution in [0, 0.1) is 18.6 Å². The highest BCUT2D eigenvalue weighted by molar-refractivity contribution is 5.61. The van der Waals surface area contributed by atoms with Crippen molar-refractivity contribution in [2.45, 2.75) is 6.92 Å². The summed E-state index contributed by atoms with van der Waals surface area (Å²) in [5.41, 5.74) is 0.848. The Hall–Kier alpha value is -2.76. The van der Waals surface area contributed by atoms with Crippen molar-refractivity contribution in [3.63, 3.8) is 0 Å². The average molecular weight is 288 g/mol. The van der Waals surface area contributed by atoms with E-state index in [0.717, 1.165) is 6.07 Å². The van der Waals surface area contributed by atoms with Gasteiger partial charge in [0.05, 0.1) is 5.56 Å². The molecule has 1 aromatic heterocycles. The summed E-state index contributed by atoms with van der Waals surface area (Å²) in [5, 5.41) is 13.2. The van der Waals surface area contributed by atoms with Gasteiger partial charge in [0.25, 0.3) is 5.89 Å². The Labute approximate surface area is 118 Å². The van der Waals surface area contributed by atoms with E-state index in [1.165, 1.54) is 25.1 Å². The fourth-order valence-electron chi connectivity index (χ4n) is 1.92. The Balaban J connectivity index is 2.05. The molecular formula is C15H10F2N2O2. The third kappa shape index (κ3) is 2.47. The zero-order valence-electron chi connectivity index (χ0n) is 11.0. The summed E-state index contributed by atoms with van der Waals surface area (Å²) in [6, 6.07) is 8.37. The molecule has 21 heavy (non-hydrogen) atoms. The predicted octanol–water partition coefficient (Wildman–Crippen LogP) is 3.70. The van der Waals surface area contributed by atoms with Gasteiger partial charge in [-0.25, -0.2) is 8.78 Å². The van der Waals surface area contributed by atoms with Crippen molar-refractivity contribution in [2.75, 3.05) is 0 Å². The number of aromatic nitrogens is 2. The molecule has 0 radical (unpaired) electrons. The summed E-state index contributed by atoms with van der Waals surface area (Å²) in [6.07, 6.45) is 0. The van der Waals surface area contributed by atoms with Crippen molar-refractivity contribution in [1.29, 1.82) is 0 Å². The largest absolute Gasteiger partial charge is 0.508 e. The molecule has 0 aliphatic rings. The van der Waals surface area contributed by atoms with E-state index in [1.807, 2.05) is 0 Å². The van der Waals surface area contributed by atoms with Crippen LogP contribution in [0.1, 0.15) is 5.56 Å². The van der Waals surface area contributed by atoms with Gasteiger partial charge in [0.15, 0.2) is 0 Å². The zero-order chi connectivity index (χ0) is 15.0. The lowest BCUT2D eigenvalue weighted by molar-refractivity contribution is 0.429. The number of aromatic hydroxyl groups is 1. The van der Waals surface area contributed by atoms with E-state index in [9.17, 15) is 13.9 Å². The summed E-state index contributed by atoms with van der Waals surface area (Å²) in [5.74, 6) is -1.19. The van der Waals surface area contributed by atoms with Crippen LogP contribution in [-0.2, 0) is 0 Å². The molecule has 0 atom stereocenters. The highest BCUT2D eigenvalue weighted by Gasteiger charge is 2.16. The highest BCUT2D eigenvalue weighted by atomic mass is 19.1. The first kappa shape index (κ1) is 13.2. The van der Waals surface area contributed by atoms with E-state index in [2.05, 4.69) is 10.1 Å².